The molecule has 0 amide bonds. The Labute approximate surface area is 95.4 Å². The molecule has 1 aliphatic rings. The summed E-state index contributed by atoms with van der Waals surface area (Å²) in [5.41, 5.74) is 0.598. The van der Waals surface area contributed by atoms with E-state index in [1.807, 2.05) is 12.1 Å². The van der Waals surface area contributed by atoms with Gasteiger partial charge in [0.1, 0.15) is 12.4 Å². The van der Waals surface area contributed by atoms with Crippen molar-refractivity contribution in [1.29, 1.82) is 0 Å². The van der Waals surface area contributed by atoms with Gasteiger partial charge in [-0.3, -0.25) is 4.79 Å². The summed E-state index contributed by atoms with van der Waals surface area (Å²) in [4.78, 5) is 11.8. The molecule has 2 rings (SSSR count). The number of carbonyl (C=O) groups excluding carboxylic acids is 1. The van der Waals surface area contributed by atoms with Gasteiger partial charge in [0.15, 0.2) is 5.78 Å². The zero-order valence-electron chi connectivity index (χ0n) is 9.44. The van der Waals surface area contributed by atoms with E-state index in [1.165, 1.54) is 12.8 Å². The maximum atomic E-state index is 11.8. The highest BCUT2D eigenvalue weighted by Crippen LogP contribution is 2.28. The van der Waals surface area contributed by atoms with Crippen molar-refractivity contribution in [1.82, 2.24) is 0 Å². The van der Waals surface area contributed by atoms with E-state index < -0.39 is 0 Å². The topological polar surface area (TPSA) is 35.5 Å². The molecular formula is C13H16O3. The molecule has 1 aromatic carbocycles. The van der Waals surface area contributed by atoms with Crippen molar-refractivity contribution in [3.8, 4) is 5.75 Å². The zero-order valence-corrected chi connectivity index (χ0v) is 9.44. The first-order valence-corrected chi connectivity index (χ1v) is 5.55. The van der Waals surface area contributed by atoms with Crippen LogP contribution in [-0.2, 0) is 4.74 Å². The largest absolute Gasteiger partial charge is 0.496 e. The lowest BCUT2D eigenvalue weighted by molar-refractivity contribution is 0.0737. The molecule has 0 atom stereocenters. The highest BCUT2D eigenvalue weighted by Gasteiger charge is 2.22. The maximum Gasteiger partial charge on any atom is 0.192 e. The lowest BCUT2D eigenvalue weighted by Gasteiger charge is -2.07. The van der Waals surface area contributed by atoms with Gasteiger partial charge < -0.3 is 9.47 Å². The quantitative estimate of drug-likeness (QED) is 0.690. The van der Waals surface area contributed by atoms with Crippen LogP contribution in [-0.4, -0.2) is 26.1 Å². The smallest absolute Gasteiger partial charge is 0.192 e. The van der Waals surface area contributed by atoms with E-state index >= 15 is 0 Å². The van der Waals surface area contributed by atoms with Gasteiger partial charge in [0.05, 0.1) is 19.3 Å². The number of ether oxygens (including phenoxy) is 2. The van der Waals surface area contributed by atoms with E-state index in [1.54, 1.807) is 19.2 Å². The minimum atomic E-state index is -0.0156. The number of para-hydroxylation sites is 1. The van der Waals surface area contributed by atoms with Gasteiger partial charge in [-0.05, 0) is 30.9 Å². The van der Waals surface area contributed by atoms with Gasteiger partial charge >= 0.3 is 0 Å². The molecule has 1 saturated carbocycles. The second-order valence-electron chi connectivity index (χ2n) is 4.08. The Morgan fingerprint density at radius 1 is 1.38 bits per heavy atom. The highest BCUT2D eigenvalue weighted by atomic mass is 16.5. The second kappa shape index (κ2) is 5.12. The van der Waals surface area contributed by atoms with Crippen LogP contribution in [0.1, 0.15) is 23.2 Å². The van der Waals surface area contributed by atoms with Crippen LogP contribution >= 0.6 is 0 Å². The first-order chi connectivity index (χ1) is 7.81. The summed E-state index contributed by atoms with van der Waals surface area (Å²) >= 11 is 0. The molecule has 0 bridgehead atoms. The van der Waals surface area contributed by atoms with E-state index in [0.29, 0.717) is 23.8 Å². The first kappa shape index (κ1) is 11.1. The number of methoxy groups -OCH3 is 1. The van der Waals surface area contributed by atoms with Gasteiger partial charge in [0.2, 0.25) is 0 Å². The Kier molecular flexibility index (Phi) is 3.57. The molecule has 0 aliphatic heterocycles. The van der Waals surface area contributed by atoms with Crippen LogP contribution < -0.4 is 4.74 Å². The monoisotopic (exact) mass is 220 g/mol. The van der Waals surface area contributed by atoms with Crippen LogP contribution in [0.5, 0.6) is 5.75 Å². The van der Waals surface area contributed by atoms with Crippen molar-refractivity contribution in [3.05, 3.63) is 29.8 Å². The Bertz CT molecular complexity index is 369. The normalized spacial score (nSPS) is 14.8. The highest BCUT2D eigenvalue weighted by molar-refractivity contribution is 5.99. The Balaban J connectivity index is 1.90. The van der Waals surface area contributed by atoms with Crippen LogP contribution in [0.3, 0.4) is 0 Å². The van der Waals surface area contributed by atoms with Gasteiger partial charge in [-0.15, -0.1) is 0 Å². The molecule has 0 spiro atoms. The van der Waals surface area contributed by atoms with Gasteiger partial charge in [0, 0.05) is 0 Å². The second-order valence-corrected chi connectivity index (χ2v) is 4.08. The summed E-state index contributed by atoms with van der Waals surface area (Å²) in [7, 11) is 1.57. The molecule has 0 aromatic heterocycles. The van der Waals surface area contributed by atoms with Crippen LogP contribution in [0.4, 0.5) is 0 Å². The summed E-state index contributed by atoms with van der Waals surface area (Å²) < 4.78 is 10.5. The fourth-order valence-corrected chi connectivity index (χ4v) is 1.56. The van der Waals surface area contributed by atoms with Crippen molar-refractivity contribution in [2.24, 2.45) is 5.92 Å². The van der Waals surface area contributed by atoms with Crippen LogP contribution in [0.2, 0.25) is 0 Å². The molecule has 0 heterocycles. The summed E-state index contributed by atoms with van der Waals surface area (Å²) in [6.07, 6.45) is 2.48. The molecule has 3 nitrogen and oxygen atoms in total. The number of benzene rings is 1. The number of ketones is 1. The average molecular weight is 220 g/mol. The number of rotatable bonds is 6. The molecule has 0 saturated heterocycles. The van der Waals surface area contributed by atoms with E-state index in [4.69, 9.17) is 9.47 Å². The van der Waals surface area contributed by atoms with Crippen molar-refractivity contribution in [2.75, 3.05) is 20.3 Å². The van der Waals surface area contributed by atoms with Crippen molar-refractivity contribution in [3.63, 3.8) is 0 Å². The molecule has 0 unspecified atom stereocenters. The summed E-state index contributed by atoms with van der Waals surface area (Å²) in [6, 6.07) is 7.23. The molecule has 3 heteroatoms. The standard InChI is InChI=1S/C13H16O3/c1-15-13-5-3-2-4-11(13)12(14)9-16-8-10-6-7-10/h2-5,10H,6-9H2,1H3. The molecule has 1 aromatic rings. The Morgan fingerprint density at radius 3 is 2.81 bits per heavy atom. The summed E-state index contributed by atoms with van der Waals surface area (Å²) in [5, 5.41) is 0. The van der Waals surface area contributed by atoms with Gasteiger partial charge in [-0.2, -0.15) is 0 Å². The lowest BCUT2D eigenvalue weighted by Crippen LogP contribution is -2.11. The first-order valence-electron chi connectivity index (χ1n) is 5.55. The molecule has 1 aliphatic carbocycles. The number of Topliss-reactive ketones (excluding diaryl/α,β-unsaturated/α-hetero) is 1. The van der Waals surface area contributed by atoms with Crippen molar-refractivity contribution >= 4 is 5.78 Å². The predicted molar refractivity (Wildman–Crippen MR) is 60.9 cm³/mol. The van der Waals surface area contributed by atoms with Crippen LogP contribution in [0.25, 0.3) is 0 Å². The number of carbonyl (C=O) groups is 1. The van der Waals surface area contributed by atoms with Gasteiger partial charge in [-0.1, -0.05) is 12.1 Å². The van der Waals surface area contributed by atoms with Crippen molar-refractivity contribution < 1.29 is 14.3 Å². The van der Waals surface area contributed by atoms with Gasteiger partial charge in [-0.25, -0.2) is 0 Å². The SMILES string of the molecule is COc1ccccc1C(=O)COCC1CC1. The van der Waals surface area contributed by atoms with Gasteiger partial charge in [0.25, 0.3) is 0 Å². The zero-order chi connectivity index (χ0) is 11.4. The molecular weight excluding hydrogens is 204 g/mol. The lowest BCUT2D eigenvalue weighted by atomic mass is 10.1. The third-order valence-electron chi connectivity index (χ3n) is 2.69. The fourth-order valence-electron chi connectivity index (χ4n) is 1.56. The van der Waals surface area contributed by atoms with E-state index in [-0.39, 0.29) is 12.4 Å². The maximum absolute atomic E-state index is 11.8. The minimum absolute atomic E-state index is 0.0156. The molecule has 0 N–H and O–H groups in total. The summed E-state index contributed by atoms with van der Waals surface area (Å²) in [6.45, 7) is 0.859. The van der Waals surface area contributed by atoms with E-state index in [0.717, 1.165) is 0 Å². The third kappa shape index (κ3) is 2.83. The summed E-state index contributed by atoms with van der Waals surface area (Å²) in [5.74, 6) is 1.28. The number of hydrogen-bond donors (Lipinski definition) is 0. The van der Waals surface area contributed by atoms with E-state index in [9.17, 15) is 4.79 Å². The van der Waals surface area contributed by atoms with Crippen molar-refractivity contribution in [2.45, 2.75) is 12.8 Å². The molecule has 86 valence electrons. The van der Waals surface area contributed by atoms with Crippen LogP contribution in [0.15, 0.2) is 24.3 Å². The van der Waals surface area contributed by atoms with Crippen LogP contribution in [0, 0.1) is 5.92 Å². The number of hydrogen-bond acceptors (Lipinski definition) is 3. The average Bonchev–Trinajstić information content (AvgIpc) is 3.13. The molecule has 16 heavy (non-hydrogen) atoms. The Morgan fingerprint density at radius 2 is 2.12 bits per heavy atom. The Hall–Kier alpha value is -1.35. The predicted octanol–water partition coefficient (Wildman–Crippen LogP) is 2.30. The molecule has 1 fully saturated rings. The van der Waals surface area contributed by atoms with E-state index in [2.05, 4.69) is 0 Å². The minimum Gasteiger partial charge on any atom is -0.496 e. The molecule has 0 radical (unpaired) electrons. The fraction of sp³-hybridized carbons (Fsp3) is 0.462. The third-order valence-corrected chi connectivity index (χ3v) is 2.69.